The Balaban J connectivity index is 1.99. The van der Waals surface area contributed by atoms with Gasteiger partial charge in [0.2, 0.25) is 0 Å². The van der Waals surface area contributed by atoms with Crippen LogP contribution in [0.25, 0.3) is 0 Å². The first-order valence-electron chi connectivity index (χ1n) is 7.97. The monoisotopic (exact) mass is 277 g/mol. The lowest BCUT2D eigenvalue weighted by molar-refractivity contribution is 0.00268. The molecule has 4 rings (SSSR count). The van der Waals surface area contributed by atoms with Gasteiger partial charge < -0.3 is 0 Å². The third-order valence-corrected chi connectivity index (χ3v) is 6.09. The summed E-state index contributed by atoms with van der Waals surface area (Å²) in [5, 5.41) is 0. The molecule has 0 aromatic heterocycles. The molecule has 2 aromatic rings. The molecule has 0 saturated heterocycles. The van der Waals surface area contributed by atoms with Crippen LogP contribution < -0.4 is 0 Å². The van der Waals surface area contributed by atoms with E-state index in [9.17, 15) is 0 Å². The van der Waals surface area contributed by atoms with E-state index in [2.05, 4.69) is 74.2 Å². The zero-order valence-electron chi connectivity index (χ0n) is 13.2. The van der Waals surface area contributed by atoms with Crippen molar-refractivity contribution in [1.82, 2.24) is 4.90 Å². The van der Waals surface area contributed by atoms with Crippen molar-refractivity contribution < 1.29 is 0 Å². The minimum atomic E-state index is 0.0796. The highest BCUT2D eigenvalue weighted by Gasteiger charge is 2.53. The number of benzene rings is 2. The molecule has 1 heteroatoms. The number of nitrogens with zero attached hydrogens (tertiary/aromatic N) is 1. The predicted octanol–water partition coefficient (Wildman–Crippen LogP) is 4.25. The van der Waals surface area contributed by atoms with E-state index >= 15 is 0 Å². The highest BCUT2D eigenvalue weighted by atomic mass is 15.2. The fraction of sp³-hybridized carbons (Fsp3) is 0.400. The lowest BCUT2D eigenvalue weighted by Crippen LogP contribution is -2.61. The third-order valence-electron chi connectivity index (χ3n) is 6.09. The second-order valence-corrected chi connectivity index (χ2v) is 7.18. The Hall–Kier alpha value is -1.60. The van der Waals surface area contributed by atoms with Crippen LogP contribution >= 0.6 is 0 Å². The summed E-state index contributed by atoms with van der Waals surface area (Å²) in [6.07, 6.45) is 1.17. The van der Waals surface area contributed by atoms with Gasteiger partial charge in [0, 0.05) is 18.5 Å². The van der Waals surface area contributed by atoms with Crippen LogP contribution in [0.15, 0.2) is 48.5 Å². The van der Waals surface area contributed by atoms with E-state index in [0.29, 0.717) is 0 Å². The molecule has 0 saturated carbocycles. The van der Waals surface area contributed by atoms with Gasteiger partial charge in [-0.1, -0.05) is 62.4 Å². The summed E-state index contributed by atoms with van der Waals surface area (Å²) in [5.41, 5.74) is 6.26. The minimum absolute atomic E-state index is 0.0796. The molecule has 0 bridgehead atoms. The smallest absolute Gasteiger partial charge is 0.0530 e. The molecule has 0 amide bonds. The highest BCUT2D eigenvalue weighted by molar-refractivity contribution is 5.47. The van der Waals surface area contributed by atoms with Crippen LogP contribution in [0.3, 0.4) is 0 Å². The molecule has 108 valence electrons. The molecule has 0 spiro atoms. The van der Waals surface area contributed by atoms with Gasteiger partial charge in [0.05, 0.1) is 5.54 Å². The molecule has 1 unspecified atom stereocenters. The van der Waals surface area contributed by atoms with Crippen molar-refractivity contribution in [1.29, 1.82) is 0 Å². The van der Waals surface area contributed by atoms with Gasteiger partial charge in [-0.05, 0) is 35.6 Å². The summed E-state index contributed by atoms with van der Waals surface area (Å²) in [6.45, 7) is 9.51. The normalized spacial score (nSPS) is 26.6. The van der Waals surface area contributed by atoms with Crippen molar-refractivity contribution in [3.63, 3.8) is 0 Å². The molecule has 2 aliphatic heterocycles. The van der Waals surface area contributed by atoms with Crippen molar-refractivity contribution in [3.05, 3.63) is 70.8 Å². The Labute approximate surface area is 127 Å². The van der Waals surface area contributed by atoms with Gasteiger partial charge in [0.25, 0.3) is 0 Å². The van der Waals surface area contributed by atoms with Crippen molar-refractivity contribution in [2.45, 2.75) is 44.7 Å². The van der Waals surface area contributed by atoms with Gasteiger partial charge in [0.15, 0.2) is 0 Å². The van der Waals surface area contributed by atoms with Crippen molar-refractivity contribution in [3.8, 4) is 0 Å². The van der Waals surface area contributed by atoms with E-state index < -0.39 is 0 Å². The number of hydrogen-bond donors (Lipinski definition) is 0. The second-order valence-electron chi connectivity index (χ2n) is 7.18. The van der Waals surface area contributed by atoms with Crippen LogP contribution in [-0.2, 0) is 23.9 Å². The Bertz CT molecular complexity index is 700. The standard InChI is InChI=1S/C20H23N/c1-19(2)17-10-6-5-9-16(17)14-21-13-12-15-8-4-7-11-18(15)20(19,21)3/h4-11H,12-14H2,1-3H3. The first kappa shape index (κ1) is 13.1. The maximum absolute atomic E-state index is 2.69. The molecule has 2 heterocycles. The van der Waals surface area contributed by atoms with E-state index in [-0.39, 0.29) is 11.0 Å². The molecule has 1 nitrogen and oxygen atoms in total. The highest BCUT2D eigenvalue weighted by Crippen LogP contribution is 2.53. The topological polar surface area (TPSA) is 3.24 Å². The molecule has 0 aliphatic carbocycles. The molecule has 0 fully saturated rings. The van der Waals surface area contributed by atoms with E-state index in [4.69, 9.17) is 0 Å². The minimum Gasteiger partial charge on any atom is -0.288 e. The van der Waals surface area contributed by atoms with Crippen LogP contribution in [0.5, 0.6) is 0 Å². The maximum Gasteiger partial charge on any atom is 0.0530 e. The van der Waals surface area contributed by atoms with Gasteiger partial charge in [-0.25, -0.2) is 0 Å². The Morgan fingerprint density at radius 3 is 2.19 bits per heavy atom. The zero-order chi connectivity index (χ0) is 14.7. The average molecular weight is 277 g/mol. The maximum atomic E-state index is 2.69. The molecule has 2 aromatic carbocycles. The molecule has 21 heavy (non-hydrogen) atoms. The van der Waals surface area contributed by atoms with Crippen LogP contribution in [-0.4, -0.2) is 11.4 Å². The Morgan fingerprint density at radius 1 is 0.810 bits per heavy atom. The average Bonchev–Trinajstić information content (AvgIpc) is 2.50. The van der Waals surface area contributed by atoms with Crippen molar-refractivity contribution in [2.75, 3.05) is 6.54 Å². The molecule has 0 N–H and O–H groups in total. The first-order chi connectivity index (χ1) is 10.0. The lowest BCUT2D eigenvalue weighted by atomic mass is 9.59. The van der Waals surface area contributed by atoms with Gasteiger partial charge in [0.1, 0.15) is 0 Å². The summed E-state index contributed by atoms with van der Waals surface area (Å²) >= 11 is 0. The van der Waals surface area contributed by atoms with Crippen LogP contribution in [0.4, 0.5) is 0 Å². The van der Waals surface area contributed by atoms with Gasteiger partial charge >= 0.3 is 0 Å². The van der Waals surface area contributed by atoms with Crippen LogP contribution in [0, 0.1) is 0 Å². The quantitative estimate of drug-likeness (QED) is 0.696. The lowest BCUT2D eigenvalue weighted by Gasteiger charge is -2.58. The molecule has 2 aliphatic rings. The van der Waals surface area contributed by atoms with Gasteiger partial charge in [-0.15, -0.1) is 0 Å². The van der Waals surface area contributed by atoms with E-state index in [1.165, 1.54) is 28.7 Å². The van der Waals surface area contributed by atoms with Crippen LogP contribution in [0.2, 0.25) is 0 Å². The summed E-state index contributed by atoms with van der Waals surface area (Å²) in [4.78, 5) is 2.69. The van der Waals surface area contributed by atoms with E-state index in [0.717, 1.165) is 13.1 Å². The predicted molar refractivity (Wildman–Crippen MR) is 87.4 cm³/mol. The van der Waals surface area contributed by atoms with E-state index in [1.54, 1.807) is 0 Å². The molecule has 1 atom stereocenters. The fourth-order valence-electron chi connectivity index (χ4n) is 4.57. The first-order valence-corrected chi connectivity index (χ1v) is 7.97. The number of fused-ring (bicyclic) bond motifs is 4. The third kappa shape index (κ3) is 1.56. The molecule has 0 radical (unpaired) electrons. The second kappa shape index (κ2) is 4.20. The summed E-state index contributed by atoms with van der Waals surface area (Å²) in [7, 11) is 0. The summed E-state index contributed by atoms with van der Waals surface area (Å²) in [6, 6.07) is 18.0. The van der Waals surface area contributed by atoms with Crippen molar-refractivity contribution >= 4 is 0 Å². The summed E-state index contributed by atoms with van der Waals surface area (Å²) < 4.78 is 0. The molecular weight excluding hydrogens is 254 g/mol. The number of hydrogen-bond acceptors (Lipinski definition) is 1. The Morgan fingerprint density at radius 2 is 1.43 bits per heavy atom. The van der Waals surface area contributed by atoms with Gasteiger partial charge in [-0.3, -0.25) is 4.90 Å². The largest absolute Gasteiger partial charge is 0.288 e. The number of rotatable bonds is 0. The fourth-order valence-corrected chi connectivity index (χ4v) is 4.57. The van der Waals surface area contributed by atoms with Crippen molar-refractivity contribution in [2.24, 2.45) is 0 Å². The summed E-state index contributed by atoms with van der Waals surface area (Å²) in [5.74, 6) is 0. The zero-order valence-corrected chi connectivity index (χ0v) is 13.2. The van der Waals surface area contributed by atoms with Crippen LogP contribution in [0.1, 0.15) is 43.0 Å². The molecular formula is C20H23N. The van der Waals surface area contributed by atoms with Gasteiger partial charge in [-0.2, -0.15) is 0 Å². The Kier molecular flexibility index (Phi) is 2.62. The van der Waals surface area contributed by atoms with E-state index in [1.807, 2.05) is 0 Å². The SMILES string of the molecule is CC1(C)c2ccccc2CN2CCc3ccccc3C21C.